The molecule has 4 heterocycles. The number of ether oxygens (including phenoxy) is 5. The summed E-state index contributed by atoms with van der Waals surface area (Å²) >= 11 is 0. The summed E-state index contributed by atoms with van der Waals surface area (Å²) in [6.45, 7) is 1.98. The molecule has 8 rings (SSSR count). The normalized spacial score (nSPS) is 20.3. The van der Waals surface area contributed by atoms with E-state index < -0.39 is 5.97 Å². The van der Waals surface area contributed by atoms with Gasteiger partial charge in [-0.1, -0.05) is 18.2 Å². The van der Waals surface area contributed by atoms with Gasteiger partial charge in [-0.3, -0.25) is 4.90 Å². The van der Waals surface area contributed by atoms with Crippen molar-refractivity contribution in [3.8, 4) is 46.0 Å². The van der Waals surface area contributed by atoms with E-state index >= 15 is 0 Å². The van der Waals surface area contributed by atoms with Crippen LogP contribution in [-0.4, -0.2) is 75.5 Å². The first-order valence-corrected chi connectivity index (χ1v) is 17.1. The summed E-state index contributed by atoms with van der Waals surface area (Å²) in [6, 6.07) is 19.8. The first-order chi connectivity index (χ1) is 24.1. The molecule has 1 N–H and O–H groups in total. The van der Waals surface area contributed by atoms with Crippen LogP contribution in [0.3, 0.4) is 0 Å². The zero-order valence-corrected chi connectivity index (χ0v) is 31.7. The number of phenols is 1. The predicted octanol–water partition coefficient (Wildman–Crippen LogP) is 6.36. The van der Waals surface area contributed by atoms with Gasteiger partial charge in [0.15, 0.2) is 34.5 Å². The number of halogens is 2. The molecule has 0 saturated heterocycles. The lowest BCUT2D eigenvalue weighted by Crippen LogP contribution is -2.53. The lowest BCUT2D eigenvalue weighted by atomic mass is 9.86. The van der Waals surface area contributed by atoms with Crippen LogP contribution in [0, 0.1) is 0 Å². The zero-order valence-electron chi connectivity index (χ0n) is 30.1. The predicted molar refractivity (Wildman–Crippen MR) is 200 cm³/mol. The maximum absolute atomic E-state index is 11.7. The second-order valence-electron chi connectivity index (χ2n) is 13.8. The number of carbonyl (C=O) groups excluding carboxylic acids is 1. The third-order valence-corrected chi connectivity index (χ3v) is 10.9. The van der Waals surface area contributed by atoms with Crippen LogP contribution >= 0.6 is 24.8 Å². The molecule has 3 unspecified atom stereocenters. The van der Waals surface area contributed by atoms with Crippen molar-refractivity contribution in [1.29, 1.82) is 0 Å². The summed E-state index contributed by atoms with van der Waals surface area (Å²) in [7, 11) is 9.00. The Labute approximate surface area is 317 Å². The highest BCUT2D eigenvalue weighted by Gasteiger charge is 2.40. The number of carboxylic acids is 1. The van der Waals surface area contributed by atoms with Crippen LogP contribution in [0.1, 0.15) is 51.9 Å². The lowest BCUT2D eigenvalue weighted by Gasteiger charge is -2.46. The maximum Gasteiger partial charge on any atom is 0.201 e. The zero-order chi connectivity index (χ0) is 35.2. The number of aromatic hydroxyl groups is 1. The van der Waals surface area contributed by atoms with E-state index in [1.54, 1.807) is 21.3 Å². The van der Waals surface area contributed by atoms with Crippen LogP contribution in [0.4, 0.5) is 0 Å². The molecule has 278 valence electrons. The Morgan fingerprint density at radius 1 is 0.865 bits per heavy atom. The summed E-state index contributed by atoms with van der Waals surface area (Å²) in [5.74, 6) is 2.47. The minimum absolute atomic E-state index is 0. The van der Waals surface area contributed by atoms with Gasteiger partial charge in [0.25, 0.3) is 0 Å². The smallest absolute Gasteiger partial charge is 0.201 e. The number of phenolic OH excluding ortho intramolecular Hbond substituents is 1. The third-order valence-electron chi connectivity index (χ3n) is 10.9. The van der Waals surface area contributed by atoms with E-state index in [0.717, 1.165) is 59.3 Å². The van der Waals surface area contributed by atoms with Crippen molar-refractivity contribution in [2.24, 2.45) is 0 Å². The molecular formula is C40H46Cl2N2O8. The SMILES string of the molecule is COc1ccc2cc1Oc1ccc(cc1)CC1c3cc(c(OC)cc3CC[N+]1(C)CCC(=O)[O-])Oc1c(O)c(OC)cc3c1C(C2)N(C)CC3.Cl.Cl. The van der Waals surface area contributed by atoms with Crippen molar-refractivity contribution in [3.63, 3.8) is 0 Å². The van der Waals surface area contributed by atoms with Crippen molar-refractivity contribution >= 4 is 30.8 Å². The molecule has 3 atom stereocenters. The highest BCUT2D eigenvalue weighted by atomic mass is 35.5. The number of benzene rings is 4. The highest BCUT2D eigenvalue weighted by Crippen LogP contribution is 2.52. The number of nitrogens with zero attached hydrogens (tertiary/aromatic N) is 2. The first kappa shape index (κ1) is 38.9. The van der Waals surface area contributed by atoms with Gasteiger partial charge in [-0.25, -0.2) is 0 Å². The minimum Gasteiger partial charge on any atom is -0.550 e. The lowest BCUT2D eigenvalue weighted by molar-refractivity contribution is -0.941. The van der Waals surface area contributed by atoms with Crippen LogP contribution < -0.4 is 28.8 Å². The van der Waals surface area contributed by atoms with E-state index in [4.69, 9.17) is 23.7 Å². The van der Waals surface area contributed by atoms with Crippen LogP contribution in [0.5, 0.6) is 46.0 Å². The number of carboxylic acid groups (broad SMARTS) is 1. The average molecular weight is 754 g/mol. The largest absolute Gasteiger partial charge is 0.550 e. The number of methoxy groups -OCH3 is 3. The van der Waals surface area contributed by atoms with Gasteiger partial charge < -0.3 is 43.2 Å². The van der Waals surface area contributed by atoms with Crippen molar-refractivity contribution in [2.45, 2.75) is 44.2 Å². The number of quaternary nitrogens is 1. The number of hydrogen-bond acceptors (Lipinski definition) is 9. The molecule has 0 saturated carbocycles. The van der Waals surface area contributed by atoms with Gasteiger partial charge in [0.05, 0.1) is 41.5 Å². The molecule has 10 nitrogen and oxygen atoms in total. The molecule has 4 aromatic rings. The summed E-state index contributed by atoms with van der Waals surface area (Å²) in [4.78, 5) is 14.0. The van der Waals surface area contributed by atoms with Crippen LogP contribution in [0.2, 0.25) is 0 Å². The maximum atomic E-state index is 11.7. The Kier molecular flexibility index (Phi) is 11.7. The van der Waals surface area contributed by atoms with E-state index in [-0.39, 0.29) is 49.1 Å². The fourth-order valence-corrected chi connectivity index (χ4v) is 7.95. The molecule has 6 bridgehead atoms. The van der Waals surface area contributed by atoms with Crippen molar-refractivity contribution in [3.05, 3.63) is 94.0 Å². The number of carbonyl (C=O) groups is 1. The van der Waals surface area contributed by atoms with E-state index in [0.29, 0.717) is 64.1 Å². The molecule has 0 spiro atoms. The molecule has 52 heavy (non-hydrogen) atoms. The average Bonchev–Trinajstić information content (AvgIpc) is 3.11. The highest BCUT2D eigenvalue weighted by molar-refractivity contribution is 5.85. The molecule has 0 radical (unpaired) electrons. The van der Waals surface area contributed by atoms with Crippen LogP contribution in [-0.2, 0) is 30.5 Å². The molecule has 12 heteroatoms. The minimum atomic E-state index is -1.06. The second-order valence-corrected chi connectivity index (χ2v) is 13.8. The topological polar surface area (TPSA) is 110 Å². The van der Waals surface area contributed by atoms with E-state index in [2.05, 4.69) is 31.1 Å². The summed E-state index contributed by atoms with van der Waals surface area (Å²) in [6.07, 6.45) is 2.70. The molecule has 0 amide bonds. The van der Waals surface area contributed by atoms with Gasteiger partial charge in [-0.2, -0.15) is 0 Å². The molecule has 0 aromatic heterocycles. The number of hydrogen-bond donors (Lipinski definition) is 1. The number of rotatable bonds is 6. The first-order valence-electron chi connectivity index (χ1n) is 17.1. The monoisotopic (exact) mass is 752 g/mol. The van der Waals surface area contributed by atoms with Crippen molar-refractivity contribution < 1.29 is 43.2 Å². The Balaban J connectivity index is 0.00000261. The fraction of sp³-hybridized carbons (Fsp3) is 0.375. The van der Waals surface area contributed by atoms with Crippen molar-refractivity contribution in [1.82, 2.24) is 4.90 Å². The number of likely N-dealkylation sites (N-methyl/N-ethyl adjacent to an activating group) is 2. The van der Waals surface area contributed by atoms with Gasteiger partial charge in [-0.05, 0) is 84.6 Å². The Morgan fingerprint density at radius 3 is 2.23 bits per heavy atom. The van der Waals surface area contributed by atoms with Crippen molar-refractivity contribution in [2.75, 3.05) is 55.1 Å². The van der Waals surface area contributed by atoms with E-state index in [9.17, 15) is 15.0 Å². The molecular weight excluding hydrogens is 707 g/mol. The summed E-state index contributed by atoms with van der Waals surface area (Å²) in [5.41, 5.74) is 6.22. The Morgan fingerprint density at radius 2 is 1.54 bits per heavy atom. The van der Waals surface area contributed by atoms with E-state index in [1.807, 2.05) is 48.5 Å². The quantitative estimate of drug-likeness (QED) is 0.225. The summed E-state index contributed by atoms with van der Waals surface area (Å²) in [5, 5.41) is 23.5. The number of fused-ring (bicyclic) bond motifs is 2. The molecule has 4 aliphatic heterocycles. The molecule has 0 aliphatic carbocycles. The van der Waals surface area contributed by atoms with Crippen LogP contribution in [0.25, 0.3) is 0 Å². The second kappa shape index (κ2) is 15.7. The van der Waals surface area contributed by atoms with Gasteiger partial charge >= 0.3 is 0 Å². The Hall–Kier alpha value is -4.35. The molecule has 4 aromatic carbocycles. The fourth-order valence-electron chi connectivity index (χ4n) is 7.95. The van der Waals surface area contributed by atoms with Gasteiger partial charge in [0, 0.05) is 48.9 Å². The third kappa shape index (κ3) is 7.30. The van der Waals surface area contributed by atoms with Crippen LogP contribution in [0.15, 0.2) is 60.7 Å². The summed E-state index contributed by atoms with van der Waals surface area (Å²) < 4.78 is 31.1. The molecule has 4 aliphatic rings. The standard InChI is InChI=1S/C40H44N2O8.2ClH/c1-41-15-12-27-22-36(48-5)39(45)40-38(27)30(41)18-25-8-11-32(46-3)34(20-25)49-28-9-6-24(7-10-28)19-31-29-23-35(50-40)33(47-4)21-26(29)13-16-42(31,2)17-14-37(43)44;;/h6-11,20-23,30-31H,12-19H2,1-5H3,(H-,43,44,45);2*1H. The van der Waals surface area contributed by atoms with Gasteiger partial charge in [0.1, 0.15) is 11.8 Å². The Bertz CT molecular complexity index is 1940. The van der Waals surface area contributed by atoms with Gasteiger partial charge in [-0.15, -0.1) is 24.8 Å². The number of aliphatic carboxylic acids is 1. The van der Waals surface area contributed by atoms with Gasteiger partial charge in [0.2, 0.25) is 5.75 Å². The molecule has 0 fully saturated rings. The van der Waals surface area contributed by atoms with E-state index in [1.165, 1.54) is 0 Å².